The Morgan fingerprint density at radius 3 is 2.71 bits per heavy atom. The van der Waals surface area contributed by atoms with Gasteiger partial charge in [0.25, 0.3) is 0 Å². The lowest BCUT2D eigenvalue weighted by atomic mass is 9.94. The first-order valence-corrected chi connectivity index (χ1v) is 6.17. The van der Waals surface area contributed by atoms with E-state index in [-0.39, 0.29) is 5.92 Å². The van der Waals surface area contributed by atoms with E-state index >= 15 is 0 Å². The Morgan fingerprint density at radius 1 is 1.47 bits per heavy atom. The topological polar surface area (TPSA) is 73.6 Å². The maximum absolute atomic E-state index is 11.6. The van der Waals surface area contributed by atoms with E-state index in [9.17, 15) is 15.2 Å². The summed E-state index contributed by atoms with van der Waals surface area (Å²) in [6.45, 7) is 2.57. The van der Waals surface area contributed by atoms with Crippen LogP contribution in [0.4, 0.5) is 0 Å². The Morgan fingerprint density at radius 2 is 2.18 bits per heavy atom. The summed E-state index contributed by atoms with van der Waals surface area (Å²) in [5.74, 6) is -0.761. The van der Waals surface area contributed by atoms with Crippen LogP contribution in [0.5, 0.6) is 0 Å². The predicted molar refractivity (Wildman–Crippen MR) is 58.1 cm³/mol. The third-order valence-corrected chi connectivity index (χ3v) is 4.82. The third-order valence-electron chi connectivity index (χ3n) is 4.82. The van der Waals surface area contributed by atoms with Crippen molar-refractivity contribution in [3.05, 3.63) is 0 Å². The van der Waals surface area contributed by atoms with Gasteiger partial charge in [0.15, 0.2) is 0 Å². The average Bonchev–Trinajstić information content (AvgIpc) is 2.68. The molecule has 5 heteroatoms. The highest BCUT2D eigenvalue weighted by molar-refractivity contribution is 5.85. The number of morpholine rings is 1. The summed E-state index contributed by atoms with van der Waals surface area (Å²) in [6, 6.07) is 2.34. The van der Waals surface area contributed by atoms with Crippen molar-refractivity contribution in [1.82, 2.24) is 4.90 Å². The molecule has 0 aromatic carbocycles. The normalized spacial score (nSPS) is 45.0. The lowest BCUT2D eigenvalue weighted by Gasteiger charge is -2.34. The molecule has 3 atom stereocenters. The molecule has 5 nitrogen and oxygen atoms in total. The molecular weight excluding hydrogens is 220 g/mol. The summed E-state index contributed by atoms with van der Waals surface area (Å²) in [5.41, 5.74) is -1.54. The van der Waals surface area contributed by atoms with E-state index in [2.05, 4.69) is 11.0 Å². The first-order valence-electron chi connectivity index (χ1n) is 6.17. The molecule has 0 spiro atoms. The van der Waals surface area contributed by atoms with Crippen LogP contribution in [0, 0.1) is 22.7 Å². The Balaban J connectivity index is 1.95. The van der Waals surface area contributed by atoms with Crippen molar-refractivity contribution in [3.8, 4) is 6.07 Å². The molecule has 2 aliphatic carbocycles. The molecule has 1 saturated heterocycles. The van der Waals surface area contributed by atoms with Crippen molar-refractivity contribution in [2.45, 2.75) is 24.8 Å². The maximum atomic E-state index is 11.6. The fourth-order valence-electron chi connectivity index (χ4n) is 4.09. The molecule has 17 heavy (non-hydrogen) atoms. The number of hydrogen-bond donors (Lipinski definition) is 1. The van der Waals surface area contributed by atoms with E-state index < -0.39 is 16.9 Å². The van der Waals surface area contributed by atoms with Gasteiger partial charge in [-0.25, -0.2) is 0 Å². The van der Waals surface area contributed by atoms with Gasteiger partial charge in [-0.3, -0.25) is 9.69 Å². The Kier molecular flexibility index (Phi) is 2.22. The van der Waals surface area contributed by atoms with Gasteiger partial charge in [0.05, 0.1) is 19.3 Å². The summed E-state index contributed by atoms with van der Waals surface area (Å²) in [7, 11) is 0. The molecule has 0 radical (unpaired) electrons. The summed E-state index contributed by atoms with van der Waals surface area (Å²) in [4.78, 5) is 13.6. The van der Waals surface area contributed by atoms with Gasteiger partial charge in [0.1, 0.15) is 11.0 Å². The number of fused-ring (bicyclic) bond motifs is 1. The molecule has 0 bridgehead atoms. The van der Waals surface area contributed by atoms with Crippen LogP contribution in [-0.4, -0.2) is 47.8 Å². The standard InChI is InChI=1S/C12H16N2O3/c13-8-12(14-4-6-17-7-5-14)9-2-1-3-11(9,12)10(15)16/h9H,1-7H2,(H,15,16)/t9-,11-,12-/m1/s1. The Labute approximate surface area is 100.0 Å². The fraction of sp³-hybridized carbons (Fsp3) is 0.833. The van der Waals surface area contributed by atoms with Gasteiger partial charge in [-0.15, -0.1) is 0 Å². The molecule has 0 unspecified atom stereocenters. The van der Waals surface area contributed by atoms with Crippen LogP contribution in [0.1, 0.15) is 19.3 Å². The van der Waals surface area contributed by atoms with Gasteiger partial charge in [-0.1, -0.05) is 6.42 Å². The molecule has 1 N–H and O–H groups in total. The Hall–Kier alpha value is -1.12. The van der Waals surface area contributed by atoms with Crippen molar-refractivity contribution in [3.63, 3.8) is 0 Å². The zero-order chi connectivity index (χ0) is 12.1. The molecule has 3 rings (SSSR count). The minimum Gasteiger partial charge on any atom is -0.481 e. The first kappa shape index (κ1) is 11.0. The number of aliphatic carboxylic acids is 1. The third kappa shape index (κ3) is 1.08. The van der Waals surface area contributed by atoms with E-state index in [4.69, 9.17) is 4.74 Å². The molecule has 3 aliphatic rings. The molecule has 1 heterocycles. The lowest BCUT2D eigenvalue weighted by molar-refractivity contribution is -0.145. The number of nitriles is 1. The highest BCUT2D eigenvalue weighted by Crippen LogP contribution is 2.73. The van der Waals surface area contributed by atoms with Gasteiger partial charge in [-0.2, -0.15) is 5.26 Å². The minimum absolute atomic E-state index is 0.0237. The monoisotopic (exact) mass is 236 g/mol. The van der Waals surface area contributed by atoms with Crippen LogP contribution in [0.2, 0.25) is 0 Å². The summed E-state index contributed by atoms with van der Waals surface area (Å²) in [6.07, 6.45) is 2.46. The van der Waals surface area contributed by atoms with E-state index in [1.54, 1.807) is 0 Å². The molecule has 92 valence electrons. The summed E-state index contributed by atoms with van der Waals surface area (Å²) in [5, 5.41) is 19.0. The van der Waals surface area contributed by atoms with E-state index in [0.29, 0.717) is 32.7 Å². The Bertz CT molecular complexity index is 399. The highest BCUT2D eigenvalue weighted by atomic mass is 16.5. The number of hydrogen-bond acceptors (Lipinski definition) is 4. The number of ether oxygens (including phenoxy) is 1. The average molecular weight is 236 g/mol. The zero-order valence-corrected chi connectivity index (χ0v) is 9.69. The molecule has 1 aliphatic heterocycles. The maximum Gasteiger partial charge on any atom is 0.313 e. The van der Waals surface area contributed by atoms with Crippen molar-refractivity contribution >= 4 is 5.97 Å². The van der Waals surface area contributed by atoms with Crippen molar-refractivity contribution in [2.24, 2.45) is 11.3 Å². The van der Waals surface area contributed by atoms with E-state index in [0.717, 1.165) is 12.8 Å². The molecule has 0 aromatic heterocycles. The van der Waals surface area contributed by atoms with Crippen molar-refractivity contribution in [2.75, 3.05) is 26.3 Å². The summed E-state index contributed by atoms with van der Waals surface area (Å²) < 4.78 is 5.28. The van der Waals surface area contributed by atoms with E-state index in [1.165, 1.54) is 0 Å². The number of carboxylic acids is 1. The first-order chi connectivity index (χ1) is 8.20. The summed E-state index contributed by atoms with van der Waals surface area (Å²) >= 11 is 0. The van der Waals surface area contributed by atoms with Crippen molar-refractivity contribution in [1.29, 1.82) is 5.26 Å². The second-order valence-corrected chi connectivity index (χ2v) is 5.20. The molecule has 2 saturated carbocycles. The number of nitrogens with zero attached hydrogens (tertiary/aromatic N) is 2. The molecule has 0 amide bonds. The lowest BCUT2D eigenvalue weighted by Crippen LogP contribution is -2.49. The van der Waals surface area contributed by atoms with Crippen LogP contribution in [0.25, 0.3) is 0 Å². The van der Waals surface area contributed by atoms with Gasteiger partial charge in [-0.05, 0) is 12.8 Å². The van der Waals surface area contributed by atoms with E-state index in [1.807, 2.05) is 0 Å². The minimum atomic E-state index is -0.793. The number of carbonyl (C=O) groups is 1. The smallest absolute Gasteiger partial charge is 0.313 e. The fourth-order valence-corrected chi connectivity index (χ4v) is 4.09. The number of carboxylic acid groups (broad SMARTS) is 1. The molecule has 3 fully saturated rings. The second kappa shape index (κ2) is 3.44. The van der Waals surface area contributed by atoms with Crippen LogP contribution >= 0.6 is 0 Å². The van der Waals surface area contributed by atoms with Gasteiger partial charge >= 0.3 is 5.97 Å². The van der Waals surface area contributed by atoms with Crippen LogP contribution in [0.3, 0.4) is 0 Å². The van der Waals surface area contributed by atoms with Gasteiger partial charge in [0.2, 0.25) is 0 Å². The molecular formula is C12H16N2O3. The SMILES string of the molecule is N#C[C@@]1(N2CCOCC2)[C@@H]2CCC[C@]21C(=O)O. The number of rotatable bonds is 2. The van der Waals surface area contributed by atoms with Gasteiger partial charge < -0.3 is 9.84 Å². The van der Waals surface area contributed by atoms with Gasteiger partial charge in [0, 0.05) is 19.0 Å². The largest absolute Gasteiger partial charge is 0.481 e. The zero-order valence-electron chi connectivity index (χ0n) is 9.69. The predicted octanol–water partition coefficient (Wildman–Crippen LogP) is 0.466. The van der Waals surface area contributed by atoms with Crippen LogP contribution in [-0.2, 0) is 9.53 Å². The van der Waals surface area contributed by atoms with Crippen LogP contribution in [0.15, 0.2) is 0 Å². The molecule has 0 aromatic rings. The highest BCUT2D eigenvalue weighted by Gasteiger charge is 2.85. The second-order valence-electron chi connectivity index (χ2n) is 5.20. The quantitative estimate of drug-likeness (QED) is 0.754. The van der Waals surface area contributed by atoms with Crippen LogP contribution < -0.4 is 0 Å². The van der Waals surface area contributed by atoms with Crippen molar-refractivity contribution < 1.29 is 14.6 Å².